The summed E-state index contributed by atoms with van der Waals surface area (Å²) in [5, 5.41) is 18.6. The molecule has 0 unspecified atom stereocenters. The fourth-order valence-corrected chi connectivity index (χ4v) is 4.67. The third-order valence-corrected chi connectivity index (χ3v) is 6.04. The molecule has 112 valence electrons. The van der Waals surface area contributed by atoms with Crippen LogP contribution in [0.5, 0.6) is 0 Å². The number of aliphatic hydroxyl groups excluding tert-OH is 2. The maximum absolute atomic E-state index is 11.5. The molecule has 1 saturated heterocycles. The molecule has 1 heterocycles. The van der Waals surface area contributed by atoms with Gasteiger partial charge in [-0.3, -0.25) is 4.79 Å². The van der Waals surface area contributed by atoms with Crippen molar-refractivity contribution in [2.45, 2.75) is 42.9 Å². The number of carbonyl (C=O) groups excluding carboxylic acids is 1. The summed E-state index contributed by atoms with van der Waals surface area (Å²) in [5.41, 5.74) is 4.37. The van der Waals surface area contributed by atoms with Gasteiger partial charge in [-0.15, -0.1) is 0 Å². The van der Waals surface area contributed by atoms with Crippen molar-refractivity contribution in [3.63, 3.8) is 0 Å². The molecule has 19 heavy (non-hydrogen) atoms. The standard InChI is InChI=1S/C12H23NO4S2/c13-12(7-14,8-15)9-17-11(16)4-2-1-3-10-5-6-18-19-10/h10,14-15H,1-9,13H2/t10-/m1/s1. The summed E-state index contributed by atoms with van der Waals surface area (Å²) in [5.74, 6) is 0.920. The number of carbonyl (C=O) groups is 1. The first-order chi connectivity index (χ1) is 9.09. The fourth-order valence-electron chi connectivity index (χ4n) is 1.64. The van der Waals surface area contributed by atoms with Gasteiger partial charge in [0.25, 0.3) is 0 Å². The zero-order valence-electron chi connectivity index (χ0n) is 11.0. The molecule has 1 atom stereocenters. The Hall–Kier alpha value is 0.0500. The molecule has 0 aliphatic carbocycles. The minimum atomic E-state index is -1.23. The highest BCUT2D eigenvalue weighted by Gasteiger charge is 2.25. The number of ether oxygens (including phenoxy) is 1. The molecule has 0 spiro atoms. The fraction of sp³-hybridized carbons (Fsp3) is 0.917. The van der Waals surface area contributed by atoms with Crippen molar-refractivity contribution >= 4 is 27.6 Å². The molecular formula is C12H23NO4S2. The van der Waals surface area contributed by atoms with Crippen molar-refractivity contribution in [3.8, 4) is 0 Å². The van der Waals surface area contributed by atoms with Crippen LogP contribution in [0.4, 0.5) is 0 Å². The zero-order chi connectivity index (χ0) is 14.1. The van der Waals surface area contributed by atoms with Crippen LogP contribution in [-0.2, 0) is 9.53 Å². The molecule has 0 aromatic heterocycles. The van der Waals surface area contributed by atoms with E-state index in [0.29, 0.717) is 6.42 Å². The zero-order valence-corrected chi connectivity index (χ0v) is 12.7. The number of esters is 1. The molecular weight excluding hydrogens is 286 g/mol. The molecule has 0 aromatic carbocycles. The van der Waals surface area contributed by atoms with Gasteiger partial charge in [0.05, 0.1) is 18.8 Å². The Kier molecular flexibility index (Phi) is 8.17. The predicted molar refractivity (Wildman–Crippen MR) is 79.0 cm³/mol. The van der Waals surface area contributed by atoms with Crippen molar-refractivity contribution in [1.82, 2.24) is 0 Å². The molecule has 1 aliphatic heterocycles. The maximum atomic E-state index is 11.5. The second-order valence-corrected chi connectivity index (χ2v) is 7.70. The summed E-state index contributed by atoms with van der Waals surface area (Å²) >= 11 is 0. The van der Waals surface area contributed by atoms with Crippen LogP contribution in [0.1, 0.15) is 32.1 Å². The van der Waals surface area contributed by atoms with E-state index in [4.69, 9.17) is 20.7 Å². The van der Waals surface area contributed by atoms with E-state index in [9.17, 15) is 4.79 Å². The topological polar surface area (TPSA) is 92.8 Å². The van der Waals surface area contributed by atoms with Gasteiger partial charge in [-0.05, 0) is 19.3 Å². The molecule has 0 amide bonds. The Morgan fingerprint density at radius 3 is 2.68 bits per heavy atom. The smallest absolute Gasteiger partial charge is 0.305 e. The van der Waals surface area contributed by atoms with Gasteiger partial charge in [-0.2, -0.15) is 0 Å². The number of aliphatic hydroxyl groups is 2. The number of unbranched alkanes of at least 4 members (excludes halogenated alkanes) is 1. The third-order valence-electron chi connectivity index (χ3n) is 3.03. The highest BCUT2D eigenvalue weighted by molar-refractivity contribution is 8.77. The van der Waals surface area contributed by atoms with E-state index in [1.54, 1.807) is 0 Å². The summed E-state index contributed by atoms with van der Waals surface area (Å²) in [4.78, 5) is 11.5. The van der Waals surface area contributed by atoms with Gasteiger partial charge >= 0.3 is 5.97 Å². The predicted octanol–water partition coefficient (Wildman–Crippen LogP) is 0.926. The monoisotopic (exact) mass is 309 g/mol. The van der Waals surface area contributed by atoms with Gasteiger partial charge in [0.2, 0.25) is 0 Å². The Morgan fingerprint density at radius 1 is 1.37 bits per heavy atom. The highest BCUT2D eigenvalue weighted by atomic mass is 33.1. The lowest BCUT2D eigenvalue weighted by atomic mass is 10.1. The number of hydrogen-bond acceptors (Lipinski definition) is 7. The summed E-state index contributed by atoms with van der Waals surface area (Å²) in [6.45, 7) is -0.964. The quantitative estimate of drug-likeness (QED) is 0.331. The van der Waals surface area contributed by atoms with Crippen molar-refractivity contribution in [1.29, 1.82) is 0 Å². The molecule has 0 aromatic rings. The van der Waals surface area contributed by atoms with Crippen LogP contribution in [0.15, 0.2) is 0 Å². The molecule has 1 aliphatic rings. The van der Waals surface area contributed by atoms with Crippen LogP contribution in [0, 0.1) is 0 Å². The molecule has 0 bridgehead atoms. The second kappa shape index (κ2) is 9.07. The summed E-state index contributed by atoms with van der Waals surface area (Å²) < 4.78 is 4.97. The van der Waals surface area contributed by atoms with Crippen LogP contribution in [0.2, 0.25) is 0 Å². The lowest BCUT2D eigenvalue weighted by Gasteiger charge is -2.23. The lowest BCUT2D eigenvalue weighted by Crippen LogP contribution is -2.51. The lowest BCUT2D eigenvalue weighted by molar-refractivity contribution is -0.146. The molecule has 4 N–H and O–H groups in total. The average molecular weight is 309 g/mol. The van der Waals surface area contributed by atoms with Gasteiger partial charge in [0.15, 0.2) is 0 Å². The third kappa shape index (κ3) is 6.85. The number of hydrogen-bond donors (Lipinski definition) is 3. The molecule has 1 rings (SSSR count). The minimum absolute atomic E-state index is 0.145. The molecule has 5 nitrogen and oxygen atoms in total. The molecule has 0 saturated carbocycles. The highest BCUT2D eigenvalue weighted by Crippen LogP contribution is 2.39. The van der Waals surface area contributed by atoms with Gasteiger partial charge in [-0.25, -0.2) is 0 Å². The largest absolute Gasteiger partial charge is 0.464 e. The maximum Gasteiger partial charge on any atom is 0.305 e. The van der Waals surface area contributed by atoms with E-state index in [0.717, 1.165) is 24.5 Å². The second-order valence-electron chi connectivity index (χ2n) is 4.91. The van der Waals surface area contributed by atoms with Crippen LogP contribution >= 0.6 is 21.6 Å². The van der Waals surface area contributed by atoms with E-state index < -0.39 is 18.8 Å². The van der Waals surface area contributed by atoms with Crippen LogP contribution in [0.25, 0.3) is 0 Å². The Balaban J connectivity index is 2.04. The first-order valence-corrected chi connectivity index (χ1v) is 8.92. The molecule has 7 heteroatoms. The normalized spacial score (nSPS) is 19.6. The van der Waals surface area contributed by atoms with Crippen molar-refractivity contribution < 1.29 is 19.7 Å². The Bertz CT molecular complexity index is 268. The van der Waals surface area contributed by atoms with Crippen LogP contribution in [0.3, 0.4) is 0 Å². The van der Waals surface area contributed by atoms with E-state index >= 15 is 0 Å². The summed E-state index contributed by atoms with van der Waals surface area (Å²) in [6.07, 6.45) is 4.64. The Morgan fingerprint density at radius 2 is 2.11 bits per heavy atom. The Labute approximate surface area is 122 Å². The summed E-state index contributed by atoms with van der Waals surface area (Å²) in [7, 11) is 3.88. The van der Waals surface area contributed by atoms with Gasteiger partial charge in [0.1, 0.15) is 6.61 Å². The van der Waals surface area contributed by atoms with E-state index in [1.165, 1.54) is 12.2 Å². The van der Waals surface area contributed by atoms with Crippen molar-refractivity contribution in [2.75, 3.05) is 25.6 Å². The summed E-state index contributed by atoms with van der Waals surface area (Å²) in [6, 6.07) is 0. The SMILES string of the molecule is NC(CO)(CO)COC(=O)CCCC[C@@H]1CCSS1. The van der Waals surface area contributed by atoms with Crippen LogP contribution in [-0.4, -0.2) is 52.5 Å². The first-order valence-electron chi connectivity index (χ1n) is 6.54. The molecule has 0 radical (unpaired) electrons. The first kappa shape index (κ1) is 17.1. The number of nitrogens with two attached hydrogens (primary N) is 1. The van der Waals surface area contributed by atoms with E-state index in [2.05, 4.69) is 0 Å². The number of rotatable bonds is 9. The van der Waals surface area contributed by atoms with Gasteiger partial charge in [0, 0.05) is 17.4 Å². The van der Waals surface area contributed by atoms with Crippen molar-refractivity contribution in [2.24, 2.45) is 5.73 Å². The molecule has 1 fully saturated rings. The average Bonchev–Trinajstić information content (AvgIpc) is 2.94. The van der Waals surface area contributed by atoms with Crippen LogP contribution < -0.4 is 5.73 Å². The van der Waals surface area contributed by atoms with Gasteiger partial charge in [-0.1, -0.05) is 28.0 Å². The minimum Gasteiger partial charge on any atom is -0.464 e. The van der Waals surface area contributed by atoms with E-state index in [-0.39, 0.29) is 12.6 Å². The van der Waals surface area contributed by atoms with E-state index in [1.807, 2.05) is 21.6 Å². The van der Waals surface area contributed by atoms with Gasteiger partial charge < -0.3 is 20.7 Å². The van der Waals surface area contributed by atoms with Crippen molar-refractivity contribution in [3.05, 3.63) is 0 Å².